The van der Waals surface area contributed by atoms with Crippen molar-refractivity contribution in [1.82, 2.24) is 4.98 Å². The van der Waals surface area contributed by atoms with Crippen LogP contribution in [0.15, 0.2) is 47.6 Å². The number of hydrogen-bond donors (Lipinski definition) is 1. The van der Waals surface area contributed by atoms with Crippen molar-refractivity contribution >= 4 is 22.8 Å². The molecule has 0 amide bonds. The molecule has 0 saturated heterocycles. The summed E-state index contributed by atoms with van der Waals surface area (Å²) in [5.41, 5.74) is 5.76. The zero-order valence-electron chi connectivity index (χ0n) is 16.2. The lowest BCUT2D eigenvalue weighted by Gasteiger charge is -2.11. The predicted octanol–water partition coefficient (Wildman–Crippen LogP) is 4.41. The molecule has 0 saturated carbocycles. The number of rotatable bonds is 7. The molecule has 3 aromatic rings. The van der Waals surface area contributed by atoms with E-state index in [0.29, 0.717) is 24.6 Å². The molecule has 0 aliphatic carbocycles. The van der Waals surface area contributed by atoms with Gasteiger partial charge in [0.05, 0.1) is 19.4 Å². The van der Waals surface area contributed by atoms with Gasteiger partial charge in [0.25, 0.3) is 0 Å². The summed E-state index contributed by atoms with van der Waals surface area (Å²) in [6.45, 7) is 4.71. The Bertz CT molecular complexity index is 1050. The molecule has 0 bridgehead atoms. The average molecular weight is 374 g/mol. The smallest absolute Gasteiger partial charge is 0.164 e. The molecule has 0 fully saturated rings. The van der Waals surface area contributed by atoms with Crippen molar-refractivity contribution in [2.75, 3.05) is 19.1 Å². The highest BCUT2D eigenvalue weighted by molar-refractivity contribution is 6.02. The fourth-order valence-electron chi connectivity index (χ4n) is 3.06. The van der Waals surface area contributed by atoms with Crippen LogP contribution in [0.2, 0.25) is 0 Å². The normalized spacial score (nSPS) is 10.9. The minimum atomic E-state index is 0.336. The quantitative estimate of drug-likeness (QED) is 0.490. The van der Waals surface area contributed by atoms with Gasteiger partial charge in [0.2, 0.25) is 0 Å². The maximum Gasteiger partial charge on any atom is 0.164 e. The molecule has 1 N–H and O–H groups in total. The van der Waals surface area contributed by atoms with Crippen LogP contribution in [0.1, 0.15) is 29.3 Å². The van der Waals surface area contributed by atoms with E-state index >= 15 is 0 Å². The molecular weight excluding hydrogens is 352 g/mol. The Morgan fingerprint density at radius 1 is 1.25 bits per heavy atom. The third-order valence-electron chi connectivity index (χ3n) is 4.24. The van der Waals surface area contributed by atoms with E-state index in [9.17, 15) is 5.26 Å². The molecule has 0 unspecified atom stereocenters. The summed E-state index contributed by atoms with van der Waals surface area (Å²) < 4.78 is 10.9. The minimum absolute atomic E-state index is 0.336. The maximum absolute atomic E-state index is 9.53. The number of aryl methyl sites for hydroxylation is 1. The molecule has 142 valence electrons. The Labute approximate surface area is 164 Å². The lowest BCUT2D eigenvalue weighted by atomic mass is 10.0. The van der Waals surface area contributed by atoms with Gasteiger partial charge in [-0.2, -0.15) is 10.4 Å². The molecule has 6 heteroatoms. The van der Waals surface area contributed by atoms with E-state index in [1.54, 1.807) is 13.3 Å². The number of ether oxygens (including phenoxy) is 2. The summed E-state index contributed by atoms with van der Waals surface area (Å²) in [6, 6.07) is 16.0. The molecule has 0 aliphatic rings. The van der Waals surface area contributed by atoms with E-state index in [-0.39, 0.29) is 0 Å². The van der Waals surface area contributed by atoms with Crippen LogP contribution in [0.5, 0.6) is 5.75 Å². The Morgan fingerprint density at radius 3 is 2.82 bits per heavy atom. The summed E-state index contributed by atoms with van der Waals surface area (Å²) in [5, 5.41) is 16.0. The van der Waals surface area contributed by atoms with Crippen molar-refractivity contribution in [2.24, 2.45) is 5.10 Å². The van der Waals surface area contributed by atoms with E-state index in [4.69, 9.17) is 9.47 Å². The molecule has 3 rings (SSSR count). The monoisotopic (exact) mass is 374 g/mol. The van der Waals surface area contributed by atoms with Gasteiger partial charge in [-0.25, -0.2) is 4.98 Å². The number of benzene rings is 2. The first kappa shape index (κ1) is 19.3. The SMILES string of the molecule is CCOc1ccc2ccccc2c1/C=N/Nc1nc(C)cc(COC)c1C#N. The zero-order chi connectivity index (χ0) is 19.9. The van der Waals surface area contributed by atoms with Crippen molar-refractivity contribution < 1.29 is 9.47 Å². The largest absolute Gasteiger partial charge is 0.493 e. The Balaban J connectivity index is 1.98. The van der Waals surface area contributed by atoms with Crippen LogP contribution in [0.4, 0.5) is 5.82 Å². The molecule has 0 atom stereocenters. The third-order valence-corrected chi connectivity index (χ3v) is 4.24. The van der Waals surface area contributed by atoms with Gasteiger partial charge in [-0.05, 0) is 36.8 Å². The summed E-state index contributed by atoms with van der Waals surface area (Å²) in [4.78, 5) is 4.40. The molecular formula is C22H22N4O2. The summed E-state index contributed by atoms with van der Waals surface area (Å²) in [5.74, 6) is 1.16. The Morgan fingerprint density at radius 2 is 2.07 bits per heavy atom. The first-order valence-electron chi connectivity index (χ1n) is 9.01. The second kappa shape index (κ2) is 8.98. The molecule has 0 aliphatic heterocycles. The van der Waals surface area contributed by atoms with Crippen LogP contribution in [-0.4, -0.2) is 24.9 Å². The second-order valence-electron chi connectivity index (χ2n) is 6.19. The summed E-state index contributed by atoms with van der Waals surface area (Å²) in [7, 11) is 1.60. The molecule has 1 aromatic heterocycles. The van der Waals surface area contributed by atoms with E-state index in [1.807, 2.05) is 56.3 Å². The van der Waals surface area contributed by atoms with Gasteiger partial charge in [-0.15, -0.1) is 0 Å². The van der Waals surface area contributed by atoms with Gasteiger partial charge in [0, 0.05) is 23.9 Å². The third kappa shape index (κ3) is 4.11. The molecule has 0 spiro atoms. The Hall–Kier alpha value is -3.43. The van der Waals surface area contributed by atoms with Crippen LogP contribution in [-0.2, 0) is 11.3 Å². The Kier molecular flexibility index (Phi) is 6.20. The topological polar surface area (TPSA) is 79.5 Å². The maximum atomic E-state index is 9.53. The number of hydrogen-bond acceptors (Lipinski definition) is 6. The van der Waals surface area contributed by atoms with Gasteiger partial charge in [0.1, 0.15) is 17.4 Å². The number of nitrogens with zero attached hydrogens (tertiary/aromatic N) is 3. The van der Waals surface area contributed by atoms with E-state index in [0.717, 1.165) is 33.3 Å². The van der Waals surface area contributed by atoms with Crippen LogP contribution in [0.25, 0.3) is 10.8 Å². The number of anilines is 1. The molecule has 6 nitrogen and oxygen atoms in total. The van der Waals surface area contributed by atoms with Crippen LogP contribution >= 0.6 is 0 Å². The first-order chi connectivity index (χ1) is 13.7. The number of nitrogens with one attached hydrogen (secondary N) is 1. The van der Waals surface area contributed by atoms with Crippen molar-refractivity contribution in [3.63, 3.8) is 0 Å². The van der Waals surface area contributed by atoms with Crippen molar-refractivity contribution in [2.45, 2.75) is 20.5 Å². The molecule has 28 heavy (non-hydrogen) atoms. The highest BCUT2D eigenvalue weighted by Gasteiger charge is 2.11. The fraction of sp³-hybridized carbons (Fsp3) is 0.227. The minimum Gasteiger partial charge on any atom is -0.493 e. The van der Waals surface area contributed by atoms with Gasteiger partial charge >= 0.3 is 0 Å². The van der Waals surface area contributed by atoms with Crippen LogP contribution in [0.3, 0.4) is 0 Å². The van der Waals surface area contributed by atoms with Gasteiger partial charge in [-0.3, -0.25) is 5.43 Å². The standard InChI is InChI=1S/C22H22N4O2/c1-4-28-21-10-9-16-7-5-6-8-18(16)20(21)13-24-26-22-19(12-23)17(14-27-3)11-15(2)25-22/h5-11,13H,4,14H2,1-3H3,(H,25,26)/b24-13+. The number of fused-ring (bicyclic) bond motifs is 1. The van der Waals surface area contributed by atoms with Crippen molar-refractivity contribution in [1.29, 1.82) is 5.26 Å². The number of pyridine rings is 1. The summed E-state index contributed by atoms with van der Waals surface area (Å²) >= 11 is 0. The van der Waals surface area contributed by atoms with Gasteiger partial charge < -0.3 is 9.47 Å². The summed E-state index contributed by atoms with van der Waals surface area (Å²) in [6.07, 6.45) is 1.70. The highest BCUT2D eigenvalue weighted by atomic mass is 16.5. The molecule has 0 radical (unpaired) electrons. The fourth-order valence-corrected chi connectivity index (χ4v) is 3.06. The van der Waals surface area contributed by atoms with E-state index in [2.05, 4.69) is 21.6 Å². The zero-order valence-corrected chi connectivity index (χ0v) is 16.2. The van der Waals surface area contributed by atoms with Crippen molar-refractivity contribution in [3.05, 3.63) is 64.8 Å². The predicted molar refractivity (Wildman–Crippen MR) is 111 cm³/mol. The average Bonchev–Trinajstić information content (AvgIpc) is 2.69. The van der Waals surface area contributed by atoms with E-state index in [1.165, 1.54) is 0 Å². The first-order valence-corrected chi connectivity index (χ1v) is 9.01. The van der Waals surface area contributed by atoms with E-state index < -0.39 is 0 Å². The lowest BCUT2D eigenvalue weighted by Crippen LogP contribution is -2.04. The van der Waals surface area contributed by atoms with Crippen LogP contribution in [0, 0.1) is 18.3 Å². The van der Waals surface area contributed by atoms with Gasteiger partial charge in [-0.1, -0.05) is 30.3 Å². The number of nitriles is 1. The molecule has 1 heterocycles. The van der Waals surface area contributed by atoms with Crippen molar-refractivity contribution in [3.8, 4) is 11.8 Å². The molecule has 2 aromatic carbocycles. The van der Waals surface area contributed by atoms with Gasteiger partial charge in [0.15, 0.2) is 5.82 Å². The highest BCUT2D eigenvalue weighted by Crippen LogP contribution is 2.27. The van der Waals surface area contributed by atoms with Crippen LogP contribution < -0.4 is 10.2 Å². The second-order valence-corrected chi connectivity index (χ2v) is 6.19. The number of methoxy groups -OCH3 is 1. The lowest BCUT2D eigenvalue weighted by molar-refractivity contribution is 0.184. The number of hydrazone groups is 1. The number of aromatic nitrogens is 1.